The van der Waals surface area contributed by atoms with Gasteiger partial charge < -0.3 is 5.32 Å². The summed E-state index contributed by atoms with van der Waals surface area (Å²) in [7, 11) is 0. The van der Waals surface area contributed by atoms with Gasteiger partial charge in [0, 0.05) is 29.2 Å². The van der Waals surface area contributed by atoms with Crippen LogP contribution in [0, 0.1) is 15.5 Å². The van der Waals surface area contributed by atoms with Gasteiger partial charge in [0.1, 0.15) is 6.04 Å². The zero-order chi connectivity index (χ0) is 15.3. The number of nitro groups is 1. The summed E-state index contributed by atoms with van der Waals surface area (Å²) in [4.78, 5) is 27.0. The Morgan fingerprint density at radius 3 is 2.55 bits per heavy atom. The van der Waals surface area contributed by atoms with E-state index in [9.17, 15) is 14.9 Å². The SMILES string of the molecule is CCC(C(NC(=O)C(C)(C)C)c1cccnc1)[N+](=O)[O-]. The minimum absolute atomic E-state index is 0.216. The van der Waals surface area contributed by atoms with Crippen LogP contribution in [0.4, 0.5) is 0 Å². The zero-order valence-corrected chi connectivity index (χ0v) is 12.3. The highest BCUT2D eigenvalue weighted by molar-refractivity contribution is 5.81. The molecule has 0 aromatic carbocycles. The molecule has 1 heterocycles. The number of aromatic nitrogens is 1. The number of amides is 1. The maximum atomic E-state index is 12.1. The van der Waals surface area contributed by atoms with Crippen LogP contribution in [0.5, 0.6) is 0 Å². The van der Waals surface area contributed by atoms with Crippen LogP contribution in [-0.4, -0.2) is 21.9 Å². The molecule has 6 heteroatoms. The van der Waals surface area contributed by atoms with Gasteiger partial charge in [-0.05, 0) is 11.6 Å². The molecule has 0 radical (unpaired) electrons. The predicted octanol–water partition coefficient (Wildman–Crippen LogP) is 2.34. The Balaban J connectivity index is 3.08. The van der Waals surface area contributed by atoms with E-state index in [1.54, 1.807) is 52.2 Å². The van der Waals surface area contributed by atoms with Gasteiger partial charge in [-0.15, -0.1) is 0 Å². The number of hydrogen-bond acceptors (Lipinski definition) is 4. The molecule has 20 heavy (non-hydrogen) atoms. The van der Waals surface area contributed by atoms with Crippen LogP contribution >= 0.6 is 0 Å². The molecular formula is C14H21N3O3. The molecule has 0 aliphatic rings. The number of hydrogen-bond donors (Lipinski definition) is 1. The van der Waals surface area contributed by atoms with Crippen LogP contribution in [0.2, 0.25) is 0 Å². The first-order valence-corrected chi connectivity index (χ1v) is 6.61. The summed E-state index contributed by atoms with van der Waals surface area (Å²) >= 11 is 0. The van der Waals surface area contributed by atoms with E-state index in [1.807, 2.05) is 0 Å². The van der Waals surface area contributed by atoms with Crippen molar-refractivity contribution in [2.45, 2.75) is 46.2 Å². The van der Waals surface area contributed by atoms with Gasteiger partial charge in [0.05, 0.1) is 0 Å². The van der Waals surface area contributed by atoms with E-state index in [4.69, 9.17) is 0 Å². The molecule has 6 nitrogen and oxygen atoms in total. The molecule has 1 aromatic rings. The van der Waals surface area contributed by atoms with Crippen LogP contribution in [0.3, 0.4) is 0 Å². The van der Waals surface area contributed by atoms with Gasteiger partial charge in [0.2, 0.25) is 11.9 Å². The second kappa shape index (κ2) is 6.45. The molecule has 1 rings (SSSR count). The highest BCUT2D eigenvalue weighted by Gasteiger charge is 2.35. The number of nitrogens with one attached hydrogen (secondary N) is 1. The normalized spacial score (nSPS) is 14.4. The fourth-order valence-electron chi connectivity index (χ4n) is 1.83. The minimum Gasteiger partial charge on any atom is -0.342 e. The molecule has 1 N–H and O–H groups in total. The first-order valence-electron chi connectivity index (χ1n) is 6.61. The lowest BCUT2D eigenvalue weighted by Gasteiger charge is -2.26. The summed E-state index contributed by atoms with van der Waals surface area (Å²) < 4.78 is 0. The lowest BCUT2D eigenvalue weighted by Crippen LogP contribution is -2.44. The largest absolute Gasteiger partial charge is 0.342 e. The molecule has 0 spiro atoms. The summed E-state index contributed by atoms with van der Waals surface area (Å²) in [6.45, 7) is 7.06. The van der Waals surface area contributed by atoms with Gasteiger partial charge in [-0.25, -0.2) is 0 Å². The Hall–Kier alpha value is -1.98. The molecule has 110 valence electrons. The van der Waals surface area contributed by atoms with Crippen molar-refractivity contribution in [3.63, 3.8) is 0 Å². The van der Waals surface area contributed by atoms with Crippen molar-refractivity contribution in [3.05, 3.63) is 40.2 Å². The molecule has 0 aliphatic heterocycles. The average molecular weight is 279 g/mol. The van der Waals surface area contributed by atoms with Crippen molar-refractivity contribution in [2.75, 3.05) is 0 Å². The summed E-state index contributed by atoms with van der Waals surface area (Å²) in [6.07, 6.45) is 3.48. The van der Waals surface area contributed by atoms with E-state index in [0.29, 0.717) is 12.0 Å². The molecule has 0 saturated heterocycles. The third kappa shape index (κ3) is 4.01. The molecule has 0 bridgehead atoms. The monoisotopic (exact) mass is 279 g/mol. The standard InChI is InChI=1S/C14H21N3O3/c1-5-11(17(19)20)12(10-7-6-8-15-9-10)16-13(18)14(2,3)4/h6-9,11-12H,5H2,1-4H3,(H,16,18). The molecule has 0 fully saturated rings. The Kier molecular flexibility index (Phi) is 5.19. The zero-order valence-electron chi connectivity index (χ0n) is 12.3. The van der Waals surface area contributed by atoms with Gasteiger partial charge in [0.25, 0.3) is 0 Å². The maximum Gasteiger partial charge on any atom is 0.236 e. The lowest BCUT2D eigenvalue weighted by atomic mass is 9.92. The molecule has 0 saturated carbocycles. The Morgan fingerprint density at radius 1 is 1.50 bits per heavy atom. The van der Waals surface area contributed by atoms with Crippen molar-refractivity contribution < 1.29 is 9.72 Å². The summed E-state index contributed by atoms with van der Waals surface area (Å²) in [5, 5.41) is 14.0. The topological polar surface area (TPSA) is 85.1 Å². The number of rotatable bonds is 5. The van der Waals surface area contributed by atoms with Crippen LogP contribution in [0.15, 0.2) is 24.5 Å². The summed E-state index contributed by atoms with van der Waals surface area (Å²) in [5.41, 5.74) is 0.0451. The fraction of sp³-hybridized carbons (Fsp3) is 0.571. The van der Waals surface area contributed by atoms with Crippen LogP contribution in [-0.2, 0) is 4.79 Å². The van der Waals surface area contributed by atoms with E-state index < -0.39 is 17.5 Å². The molecule has 2 atom stereocenters. The first kappa shape index (κ1) is 16.1. The van der Waals surface area contributed by atoms with E-state index in [2.05, 4.69) is 10.3 Å². The van der Waals surface area contributed by atoms with Gasteiger partial charge in [-0.2, -0.15) is 0 Å². The third-order valence-corrected chi connectivity index (χ3v) is 3.09. The van der Waals surface area contributed by atoms with E-state index in [0.717, 1.165) is 0 Å². The van der Waals surface area contributed by atoms with Crippen LogP contribution < -0.4 is 5.32 Å². The van der Waals surface area contributed by atoms with E-state index in [1.165, 1.54) is 0 Å². The number of pyridine rings is 1. The third-order valence-electron chi connectivity index (χ3n) is 3.09. The molecule has 1 aromatic heterocycles. The van der Waals surface area contributed by atoms with E-state index in [-0.39, 0.29) is 10.8 Å². The Bertz CT molecular complexity index is 468. The lowest BCUT2D eigenvalue weighted by molar-refractivity contribution is -0.528. The molecule has 1 amide bonds. The van der Waals surface area contributed by atoms with E-state index >= 15 is 0 Å². The number of carbonyl (C=O) groups excluding carboxylic acids is 1. The Labute approximate surface area is 118 Å². The second-order valence-corrected chi connectivity index (χ2v) is 5.75. The van der Waals surface area contributed by atoms with Crippen LogP contribution in [0.1, 0.15) is 45.7 Å². The van der Waals surface area contributed by atoms with Crippen LogP contribution in [0.25, 0.3) is 0 Å². The number of nitrogens with zero attached hydrogens (tertiary/aromatic N) is 2. The smallest absolute Gasteiger partial charge is 0.236 e. The van der Waals surface area contributed by atoms with Gasteiger partial charge in [-0.3, -0.25) is 19.9 Å². The highest BCUT2D eigenvalue weighted by Crippen LogP contribution is 2.23. The molecule has 0 aliphatic carbocycles. The molecule has 2 unspecified atom stereocenters. The second-order valence-electron chi connectivity index (χ2n) is 5.75. The van der Waals surface area contributed by atoms with Crippen molar-refractivity contribution in [1.82, 2.24) is 10.3 Å². The average Bonchev–Trinajstić information content (AvgIpc) is 2.37. The highest BCUT2D eigenvalue weighted by atomic mass is 16.6. The maximum absolute atomic E-state index is 12.1. The molecular weight excluding hydrogens is 258 g/mol. The van der Waals surface area contributed by atoms with Crippen molar-refractivity contribution in [2.24, 2.45) is 5.41 Å². The van der Waals surface area contributed by atoms with Gasteiger partial charge in [0.15, 0.2) is 0 Å². The van der Waals surface area contributed by atoms with Crippen molar-refractivity contribution in [1.29, 1.82) is 0 Å². The Morgan fingerprint density at radius 2 is 2.15 bits per heavy atom. The summed E-state index contributed by atoms with van der Waals surface area (Å²) in [5.74, 6) is -0.216. The van der Waals surface area contributed by atoms with Gasteiger partial charge >= 0.3 is 0 Å². The van der Waals surface area contributed by atoms with Crippen molar-refractivity contribution >= 4 is 5.91 Å². The quantitative estimate of drug-likeness (QED) is 0.662. The van der Waals surface area contributed by atoms with Gasteiger partial charge in [-0.1, -0.05) is 33.8 Å². The predicted molar refractivity (Wildman–Crippen MR) is 75.6 cm³/mol. The first-order chi connectivity index (χ1) is 9.27. The number of carbonyl (C=O) groups is 1. The fourth-order valence-corrected chi connectivity index (χ4v) is 1.83. The van der Waals surface area contributed by atoms with Crippen molar-refractivity contribution in [3.8, 4) is 0 Å². The summed E-state index contributed by atoms with van der Waals surface area (Å²) in [6, 6.07) is 1.91. The minimum atomic E-state index is -0.870.